The van der Waals surface area contributed by atoms with E-state index >= 15 is 0 Å². The zero-order chi connectivity index (χ0) is 13.1. The number of carbonyl (C=O) groups excluding carboxylic acids is 1. The third-order valence-corrected chi connectivity index (χ3v) is 2.63. The van der Waals surface area contributed by atoms with Crippen LogP contribution in [0.1, 0.15) is 17.4 Å². The first-order valence-electron chi connectivity index (χ1n) is 5.62. The molecule has 5 heteroatoms. The number of H-pyrrole nitrogens is 1. The van der Waals surface area contributed by atoms with E-state index in [-0.39, 0.29) is 0 Å². The average molecular weight is 249 g/mol. The molecule has 0 aliphatic carbocycles. The molecule has 1 heterocycles. The second-order valence-electron chi connectivity index (χ2n) is 3.67. The molecule has 0 aliphatic heterocycles. The molecular formula is C13H15NO4. The van der Waals surface area contributed by atoms with Crippen LogP contribution in [0.25, 0.3) is 10.9 Å². The molecule has 96 valence electrons. The summed E-state index contributed by atoms with van der Waals surface area (Å²) >= 11 is 0. The van der Waals surface area contributed by atoms with Gasteiger partial charge in [0.1, 0.15) is 5.69 Å². The minimum absolute atomic E-state index is 0.390. The van der Waals surface area contributed by atoms with Gasteiger partial charge in [0.2, 0.25) is 0 Å². The van der Waals surface area contributed by atoms with E-state index in [1.807, 2.05) is 13.0 Å². The Bertz CT molecular complexity index is 574. The normalized spacial score (nSPS) is 10.4. The summed E-state index contributed by atoms with van der Waals surface area (Å²) in [6.45, 7) is 2.42. The van der Waals surface area contributed by atoms with Crippen LogP contribution >= 0.6 is 0 Å². The van der Waals surface area contributed by atoms with Gasteiger partial charge in [0.05, 0.1) is 26.3 Å². The number of methoxy groups -OCH3 is 2. The molecule has 1 aromatic carbocycles. The number of ether oxygens (including phenoxy) is 3. The van der Waals surface area contributed by atoms with Crippen molar-refractivity contribution in [2.75, 3.05) is 20.8 Å². The number of benzene rings is 1. The predicted octanol–water partition coefficient (Wildman–Crippen LogP) is 2.36. The second kappa shape index (κ2) is 5.00. The fourth-order valence-electron chi connectivity index (χ4n) is 1.83. The van der Waals surface area contributed by atoms with Crippen molar-refractivity contribution in [2.45, 2.75) is 6.92 Å². The highest BCUT2D eigenvalue weighted by atomic mass is 16.5. The Morgan fingerprint density at radius 2 is 2.11 bits per heavy atom. The fraction of sp³-hybridized carbons (Fsp3) is 0.308. The van der Waals surface area contributed by atoms with Crippen LogP contribution in [0.4, 0.5) is 0 Å². The Kier molecular flexibility index (Phi) is 3.41. The van der Waals surface area contributed by atoms with Gasteiger partial charge in [-0.1, -0.05) is 0 Å². The topological polar surface area (TPSA) is 60.5 Å². The summed E-state index contributed by atoms with van der Waals surface area (Å²) in [7, 11) is 2.93. The minimum atomic E-state index is -0.410. The van der Waals surface area contributed by atoms with Crippen LogP contribution in [-0.4, -0.2) is 31.8 Å². The number of aromatic amines is 1. The van der Waals surface area contributed by atoms with Crippen molar-refractivity contribution in [1.29, 1.82) is 0 Å². The zero-order valence-corrected chi connectivity index (χ0v) is 10.6. The zero-order valence-electron chi connectivity index (χ0n) is 10.6. The van der Waals surface area contributed by atoms with Crippen molar-refractivity contribution in [2.24, 2.45) is 0 Å². The summed E-state index contributed by atoms with van der Waals surface area (Å²) in [5, 5.41) is 0.802. The van der Waals surface area contributed by atoms with Crippen molar-refractivity contribution >= 4 is 16.9 Å². The van der Waals surface area contributed by atoms with E-state index in [1.54, 1.807) is 19.2 Å². The highest BCUT2D eigenvalue weighted by Crippen LogP contribution is 2.36. The number of hydrogen-bond acceptors (Lipinski definition) is 4. The lowest BCUT2D eigenvalue weighted by molar-refractivity contribution is 0.0595. The third kappa shape index (κ3) is 1.99. The van der Waals surface area contributed by atoms with Crippen LogP contribution in [0, 0.1) is 0 Å². The van der Waals surface area contributed by atoms with Crippen LogP contribution in [0.3, 0.4) is 0 Å². The summed E-state index contributed by atoms with van der Waals surface area (Å²) < 4.78 is 15.5. The molecule has 0 bridgehead atoms. The standard InChI is InChI=1S/C13H15NO4/c1-4-18-12-8-7-10(13(15)17-3)14-9(8)5-6-11(12)16-2/h5-7,14H,4H2,1-3H3. The molecule has 2 aromatic rings. The first-order chi connectivity index (χ1) is 8.71. The molecule has 1 N–H and O–H groups in total. The van der Waals surface area contributed by atoms with Gasteiger partial charge in [0.25, 0.3) is 0 Å². The van der Waals surface area contributed by atoms with E-state index in [9.17, 15) is 4.79 Å². The number of nitrogens with one attached hydrogen (secondary N) is 1. The maximum Gasteiger partial charge on any atom is 0.354 e. The minimum Gasteiger partial charge on any atom is -0.493 e. The molecule has 0 saturated carbocycles. The van der Waals surface area contributed by atoms with Gasteiger partial charge in [-0.25, -0.2) is 4.79 Å². The summed E-state index contributed by atoms with van der Waals surface area (Å²) in [5.74, 6) is 0.858. The Hall–Kier alpha value is -2.17. The third-order valence-electron chi connectivity index (χ3n) is 2.63. The van der Waals surface area contributed by atoms with Crippen molar-refractivity contribution in [1.82, 2.24) is 4.98 Å². The first-order valence-corrected chi connectivity index (χ1v) is 5.62. The van der Waals surface area contributed by atoms with Crippen molar-refractivity contribution in [3.8, 4) is 11.5 Å². The molecular weight excluding hydrogens is 234 g/mol. The van der Waals surface area contributed by atoms with E-state index in [4.69, 9.17) is 9.47 Å². The van der Waals surface area contributed by atoms with Gasteiger partial charge in [-0.3, -0.25) is 0 Å². The molecule has 18 heavy (non-hydrogen) atoms. The van der Waals surface area contributed by atoms with Crippen molar-refractivity contribution in [3.05, 3.63) is 23.9 Å². The molecule has 0 spiro atoms. The average Bonchev–Trinajstić information content (AvgIpc) is 2.82. The molecule has 0 unspecified atom stereocenters. The van der Waals surface area contributed by atoms with Gasteiger partial charge in [-0.05, 0) is 25.1 Å². The van der Waals surface area contributed by atoms with Gasteiger partial charge < -0.3 is 19.2 Å². The monoisotopic (exact) mass is 249 g/mol. The largest absolute Gasteiger partial charge is 0.493 e. The molecule has 2 rings (SSSR count). The Balaban J connectivity index is 2.60. The van der Waals surface area contributed by atoms with Gasteiger partial charge in [0, 0.05) is 5.39 Å². The van der Waals surface area contributed by atoms with Gasteiger partial charge in [-0.2, -0.15) is 0 Å². The van der Waals surface area contributed by atoms with Crippen molar-refractivity contribution < 1.29 is 19.0 Å². The summed E-state index contributed by atoms with van der Waals surface area (Å²) in [6, 6.07) is 5.34. The summed E-state index contributed by atoms with van der Waals surface area (Å²) in [5.41, 5.74) is 1.20. The predicted molar refractivity (Wildman–Crippen MR) is 67.4 cm³/mol. The van der Waals surface area contributed by atoms with E-state index in [0.29, 0.717) is 23.8 Å². The Labute approximate surface area is 105 Å². The quantitative estimate of drug-likeness (QED) is 0.845. The van der Waals surface area contributed by atoms with Gasteiger partial charge >= 0.3 is 5.97 Å². The SMILES string of the molecule is CCOc1c(OC)ccc2[nH]c(C(=O)OC)cc12. The summed E-state index contributed by atoms with van der Waals surface area (Å²) in [6.07, 6.45) is 0. The number of esters is 1. The molecule has 0 amide bonds. The molecule has 0 radical (unpaired) electrons. The lowest BCUT2D eigenvalue weighted by atomic mass is 10.2. The number of rotatable bonds is 4. The van der Waals surface area contributed by atoms with Crippen molar-refractivity contribution in [3.63, 3.8) is 0 Å². The lowest BCUT2D eigenvalue weighted by Gasteiger charge is -2.09. The number of fused-ring (bicyclic) bond motifs is 1. The maximum absolute atomic E-state index is 11.5. The van der Waals surface area contributed by atoms with Crippen LogP contribution < -0.4 is 9.47 Å². The molecule has 0 saturated heterocycles. The van der Waals surface area contributed by atoms with Crippen LogP contribution in [-0.2, 0) is 4.74 Å². The van der Waals surface area contributed by atoms with E-state index in [0.717, 1.165) is 10.9 Å². The second-order valence-corrected chi connectivity index (χ2v) is 3.67. The number of hydrogen-bond donors (Lipinski definition) is 1. The Morgan fingerprint density at radius 1 is 1.33 bits per heavy atom. The van der Waals surface area contributed by atoms with E-state index in [1.165, 1.54) is 7.11 Å². The molecule has 1 aromatic heterocycles. The maximum atomic E-state index is 11.5. The smallest absolute Gasteiger partial charge is 0.354 e. The van der Waals surface area contributed by atoms with Crippen LogP contribution in [0.15, 0.2) is 18.2 Å². The van der Waals surface area contributed by atoms with E-state index in [2.05, 4.69) is 9.72 Å². The molecule has 0 atom stereocenters. The lowest BCUT2D eigenvalue weighted by Crippen LogP contribution is -2.00. The number of carbonyl (C=O) groups is 1. The van der Waals surface area contributed by atoms with Crippen LogP contribution in [0.2, 0.25) is 0 Å². The Morgan fingerprint density at radius 3 is 2.72 bits per heavy atom. The van der Waals surface area contributed by atoms with E-state index < -0.39 is 5.97 Å². The molecule has 5 nitrogen and oxygen atoms in total. The van der Waals surface area contributed by atoms with Crippen LogP contribution in [0.5, 0.6) is 11.5 Å². The molecule has 0 fully saturated rings. The number of aromatic nitrogens is 1. The summed E-state index contributed by atoms with van der Waals surface area (Å²) in [4.78, 5) is 14.5. The first kappa shape index (κ1) is 12.3. The van der Waals surface area contributed by atoms with Gasteiger partial charge in [0.15, 0.2) is 11.5 Å². The highest BCUT2D eigenvalue weighted by molar-refractivity contribution is 5.98. The van der Waals surface area contributed by atoms with Gasteiger partial charge in [-0.15, -0.1) is 0 Å². The molecule has 0 aliphatic rings. The highest BCUT2D eigenvalue weighted by Gasteiger charge is 2.15. The fourth-order valence-corrected chi connectivity index (χ4v) is 1.83.